The molecule has 7 nitrogen and oxygen atoms in total. The van der Waals surface area contributed by atoms with E-state index < -0.39 is 12.1 Å². The first-order chi connectivity index (χ1) is 13.7. The predicted molar refractivity (Wildman–Crippen MR) is 107 cm³/mol. The molecule has 0 aliphatic carbocycles. The molecule has 3 aromatic rings. The number of Topliss-reactive ketones (excluding diaryl/α,β-unsaturated/α-hetero) is 2. The predicted octanol–water partition coefficient (Wildman–Crippen LogP) is 3.95. The summed E-state index contributed by atoms with van der Waals surface area (Å²) >= 11 is 0. The smallest absolute Gasteiger partial charge is 0.311 e. The van der Waals surface area contributed by atoms with E-state index in [9.17, 15) is 14.4 Å². The highest BCUT2D eigenvalue weighted by Gasteiger charge is 2.26. The van der Waals surface area contributed by atoms with Gasteiger partial charge in [0.05, 0.1) is 25.5 Å². The number of rotatable bonds is 7. The Morgan fingerprint density at radius 3 is 2.55 bits per heavy atom. The fourth-order valence-electron chi connectivity index (χ4n) is 3.50. The van der Waals surface area contributed by atoms with Crippen LogP contribution in [0, 0.1) is 13.8 Å². The Labute approximate surface area is 168 Å². The molecule has 29 heavy (non-hydrogen) atoms. The number of aryl methyl sites for hydroxylation is 1. The van der Waals surface area contributed by atoms with Crippen LogP contribution < -0.4 is 4.74 Å². The van der Waals surface area contributed by atoms with E-state index >= 15 is 0 Å². The van der Waals surface area contributed by atoms with Gasteiger partial charge >= 0.3 is 5.97 Å². The summed E-state index contributed by atoms with van der Waals surface area (Å²) in [4.78, 5) is 39.8. The molecule has 0 aliphatic rings. The van der Waals surface area contributed by atoms with Gasteiger partial charge in [-0.15, -0.1) is 0 Å². The third-order valence-corrected chi connectivity index (χ3v) is 4.91. The average molecular weight is 397 g/mol. The minimum atomic E-state index is -0.989. The van der Waals surface area contributed by atoms with Crippen LogP contribution in [0.15, 0.2) is 28.9 Å². The first-order valence-electron chi connectivity index (χ1n) is 9.20. The maximum absolute atomic E-state index is 12.7. The third-order valence-electron chi connectivity index (χ3n) is 4.91. The van der Waals surface area contributed by atoms with Gasteiger partial charge < -0.3 is 18.9 Å². The molecule has 1 aromatic carbocycles. The molecule has 2 heterocycles. The van der Waals surface area contributed by atoms with Crippen molar-refractivity contribution < 1.29 is 28.3 Å². The van der Waals surface area contributed by atoms with Crippen LogP contribution >= 0.6 is 0 Å². The van der Waals surface area contributed by atoms with Crippen molar-refractivity contribution in [2.45, 2.75) is 40.2 Å². The summed E-state index contributed by atoms with van der Waals surface area (Å²) in [6.07, 6.45) is 0.478. The molecular weight excluding hydrogens is 374 g/mol. The van der Waals surface area contributed by atoms with Crippen LogP contribution in [-0.4, -0.2) is 35.7 Å². The summed E-state index contributed by atoms with van der Waals surface area (Å²) in [7, 11) is 1.56. The van der Waals surface area contributed by atoms with Crippen LogP contribution in [0.2, 0.25) is 0 Å². The Morgan fingerprint density at radius 2 is 1.93 bits per heavy atom. The van der Waals surface area contributed by atoms with E-state index in [1.54, 1.807) is 33.1 Å². The zero-order valence-corrected chi connectivity index (χ0v) is 17.0. The maximum atomic E-state index is 12.7. The number of carbonyl (C=O) groups is 3. The van der Waals surface area contributed by atoms with Crippen LogP contribution in [0.1, 0.15) is 51.5 Å². The number of H-pyrrole nitrogens is 1. The lowest BCUT2D eigenvalue weighted by Crippen LogP contribution is -2.26. The highest BCUT2D eigenvalue weighted by atomic mass is 16.5. The Hall–Kier alpha value is -3.35. The van der Waals surface area contributed by atoms with Crippen molar-refractivity contribution in [2.24, 2.45) is 0 Å². The van der Waals surface area contributed by atoms with E-state index in [2.05, 4.69) is 4.98 Å². The zero-order chi connectivity index (χ0) is 21.3. The van der Waals surface area contributed by atoms with Gasteiger partial charge in [-0.2, -0.15) is 0 Å². The lowest BCUT2D eigenvalue weighted by Gasteiger charge is -2.12. The average Bonchev–Trinajstić information content (AvgIpc) is 3.20. The Bertz CT molecular complexity index is 1100. The number of methoxy groups -OCH3 is 1. The number of fused-ring (bicyclic) bond motifs is 1. The van der Waals surface area contributed by atoms with Gasteiger partial charge in [-0.3, -0.25) is 14.4 Å². The number of carbonyl (C=O) groups excluding carboxylic acids is 3. The number of nitrogens with one attached hydrogen (secondary N) is 1. The minimum Gasteiger partial charge on any atom is -0.497 e. The largest absolute Gasteiger partial charge is 0.497 e. The number of ketones is 2. The molecule has 0 radical (unpaired) electrons. The summed E-state index contributed by atoms with van der Waals surface area (Å²) in [6.45, 7) is 6.40. The minimum absolute atomic E-state index is 0.0294. The zero-order valence-electron chi connectivity index (χ0n) is 17.0. The number of aromatic nitrogens is 1. The van der Waals surface area contributed by atoms with Gasteiger partial charge in [-0.1, -0.05) is 0 Å². The van der Waals surface area contributed by atoms with Gasteiger partial charge in [0.15, 0.2) is 11.9 Å². The normalized spacial score (nSPS) is 12.0. The molecule has 0 aliphatic heterocycles. The third kappa shape index (κ3) is 3.94. The molecule has 152 valence electrons. The van der Waals surface area contributed by atoms with Gasteiger partial charge in [0.2, 0.25) is 5.78 Å². The SMILES string of the molecule is COc1ccc2c(CC(=O)OC(C)C(=O)c3[nH]c(C)c(C(C)=O)c3C)coc2c1. The van der Waals surface area contributed by atoms with Gasteiger partial charge in [-0.25, -0.2) is 0 Å². The molecule has 1 N–H and O–H groups in total. The van der Waals surface area contributed by atoms with Gasteiger partial charge in [-0.05, 0) is 45.4 Å². The van der Waals surface area contributed by atoms with Crippen molar-refractivity contribution in [2.75, 3.05) is 7.11 Å². The van der Waals surface area contributed by atoms with E-state index in [4.69, 9.17) is 13.9 Å². The number of benzene rings is 1. The van der Waals surface area contributed by atoms with Gasteiger partial charge in [0.1, 0.15) is 11.3 Å². The van der Waals surface area contributed by atoms with Crippen molar-refractivity contribution in [3.05, 3.63) is 52.5 Å². The number of hydrogen-bond acceptors (Lipinski definition) is 6. The van der Waals surface area contributed by atoms with E-state index in [-0.39, 0.29) is 23.7 Å². The van der Waals surface area contributed by atoms with Crippen molar-refractivity contribution in [1.82, 2.24) is 4.98 Å². The maximum Gasteiger partial charge on any atom is 0.311 e. The quantitative estimate of drug-likeness (QED) is 0.479. The second kappa shape index (κ2) is 7.95. The van der Waals surface area contributed by atoms with E-state index in [0.717, 1.165) is 5.39 Å². The molecule has 1 atom stereocenters. The number of ether oxygens (including phenoxy) is 2. The molecule has 2 aromatic heterocycles. The number of furan rings is 1. The first-order valence-corrected chi connectivity index (χ1v) is 9.20. The van der Waals surface area contributed by atoms with E-state index in [0.29, 0.717) is 33.7 Å². The van der Waals surface area contributed by atoms with Crippen LogP contribution in [0.4, 0.5) is 0 Å². The van der Waals surface area contributed by atoms with Gasteiger partial charge in [0.25, 0.3) is 0 Å². The van der Waals surface area contributed by atoms with Crippen molar-refractivity contribution in [3.8, 4) is 5.75 Å². The highest BCUT2D eigenvalue weighted by molar-refractivity contribution is 6.05. The molecule has 0 fully saturated rings. The number of esters is 1. The lowest BCUT2D eigenvalue weighted by molar-refractivity contribution is -0.145. The number of aromatic amines is 1. The molecule has 7 heteroatoms. The molecule has 3 rings (SSSR count). The highest BCUT2D eigenvalue weighted by Crippen LogP contribution is 2.26. The van der Waals surface area contributed by atoms with Gasteiger partial charge in [0, 0.05) is 28.3 Å². The fourth-order valence-corrected chi connectivity index (χ4v) is 3.50. The second-order valence-electron chi connectivity index (χ2n) is 6.98. The first kappa shape index (κ1) is 20.4. The monoisotopic (exact) mass is 397 g/mol. The summed E-state index contributed by atoms with van der Waals surface area (Å²) in [5, 5.41) is 0.781. The van der Waals surface area contributed by atoms with E-state index in [1.807, 2.05) is 6.07 Å². The van der Waals surface area contributed by atoms with Crippen LogP contribution in [-0.2, 0) is 16.0 Å². The molecule has 0 saturated carbocycles. The second-order valence-corrected chi connectivity index (χ2v) is 6.98. The van der Waals surface area contributed by atoms with Crippen molar-refractivity contribution in [3.63, 3.8) is 0 Å². The van der Waals surface area contributed by atoms with Crippen LogP contribution in [0.3, 0.4) is 0 Å². The standard InChI is InChI=1S/C22H23NO6/c1-11-20(13(3)24)12(2)23-21(11)22(26)14(4)29-19(25)8-15-10-28-18-9-16(27-5)6-7-17(15)18/h6-7,9-10,14,23H,8H2,1-5H3. The number of hydrogen-bond donors (Lipinski definition) is 1. The molecule has 0 bridgehead atoms. The van der Waals surface area contributed by atoms with Crippen molar-refractivity contribution >= 4 is 28.5 Å². The Balaban J connectivity index is 1.72. The molecular formula is C22H23NO6. The summed E-state index contributed by atoms with van der Waals surface area (Å²) < 4.78 is 16.0. The summed E-state index contributed by atoms with van der Waals surface area (Å²) in [5.74, 6) is -0.393. The van der Waals surface area contributed by atoms with E-state index in [1.165, 1.54) is 20.1 Å². The molecule has 1 unspecified atom stereocenters. The summed E-state index contributed by atoms with van der Waals surface area (Å²) in [6, 6.07) is 5.32. The van der Waals surface area contributed by atoms with Crippen molar-refractivity contribution in [1.29, 1.82) is 0 Å². The topological polar surface area (TPSA) is 98.6 Å². The molecule has 0 saturated heterocycles. The fraction of sp³-hybridized carbons (Fsp3) is 0.318. The Kier molecular flexibility index (Phi) is 5.59. The lowest BCUT2D eigenvalue weighted by atomic mass is 10.0. The van der Waals surface area contributed by atoms with Crippen LogP contribution in [0.5, 0.6) is 5.75 Å². The summed E-state index contributed by atoms with van der Waals surface area (Å²) in [5.41, 5.74) is 3.24. The Morgan fingerprint density at radius 1 is 1.21 bits per heavy atom. The van der Waals surface area contributed by atoms with Crippen LogP contribution in [0.25, 0.3) is 11.0 Å². The molecule has 0 spiro atoms. The molecule has 0 amide bonds.